The van der Waals surface area contributed by atoms with Crippen molar-refractivity contribution in [2.75, 3.05) is 31.6 Å². The van der Waals surface area contributed by atoms with Gasteiger partial charge in [0.25, 0.3) is 0 Å². The quantitative estimate of drug-likeness (QED) is 0.801. The van der Waals surface area contributed by atoms with Crippen LogP contribution in [0.2, 0.25) is 0 Å². The number of hydrogen-bond acceptors (Lipinski definition) is 3. The second-order valence-electron chi connectivity index (χ2n) is 5.02. The molecule has 0 spiro atoms. The topological polar surface area (TPSA) is 24.5 Å². The number of anilines is 1. The smallest absolute Gasteiger partial charge is 0.146 e. The van der Waals surface area contributed by atoms with E-state index in [1.165, 1.54) is 0 Å². The van der Waals surface area contributed by atoms with Crippen molar-refractivity contribution in [3.63, 3.8) is 0 Å². The highest BCUT2D eigenvalue weighted by molar-refractivity contribution is 5.55. The average Bonchev–Trinajstić information content (AvgIpc) is 2.87. The molecule has 1 heterocycles. The molecule has 2 rings (SSSR count). The molecule has 0 bridgehead atoms. The molecule has 0 amide bonds. The van der Waals surface area contributed by atoms with E-state index < -0.39 is 0 Å². The lowest BCUT2D eigenvalue weighted by molar-refractivity contribution is 0.121. The molecule has 19 heavy (non-hydrogen) atoms. The first-order chi connectivity index (χ1) is 9.26. The van der Waals surface area contributed by atoms with Crippen LogP contribution in [0.3, 0.4) is 0 Å². The van der Waals surface area contributed by atoms with Gasteiger partial charge in [0, 0.05) is 26.7 Å². The van der Waals surface area contributed by atoms with Crippen LogP contribution in [0.4, 0.5) is 10.1 Å². The van der Waals surface area contributed by atoms with E-state index in [4.69, 9.17) is 4.74 Å². The van der Waals surface area contributed by atoms with Gasteiger partial charge in [-0.1, -0.05) is 19.1 Å². The fourth-order valence-corrected chi connectivity index (χ4v) is 2.58. The van der Waals surface area contributed by atoms with Crippen molar-refractivity contribution in [2.45, 2.75) is 32.4 Å². The summed E-state index contributed by atoms with van der Waals surface area (Å²) in [6.07, 6.45) is 2.27. The van der Waals surface area contributed by atoms with Crippen LogP contribution in [-0.2, 0) is 11.3 Å². The van der Waals surface area contributed by atoms with E-state index in [9.17, 15) is 4.39 Å². The van der Waals surface area contributed by atoms with Gasteiger partial charge < -0.3 is 15.0 Å². The van der Waals surface area contributed by atoms with Gasteiger partial charge in [0.2, 0.25) is 0 Å². The van der Waals surface area contributed by atoms with Crippen LogP contribution >= 0.6 is 0 Å². The predicted molar refractivity (Wildman–Crippen MR) is 76.0 cm³/mol. The van der Waals surface area contributed by atoms with Crippen molar-refractivity contribution in [3.05, 3.63) is 29.6 Å². The Morgan fingerprint density at radius 1 is 1.47 bits per heavy atom. The zero-order chi connectivity index (χ0) is 13.7. The maximum Gasteiger partial charge on any atom is 0.146 e. The molecule has 1 saturated heterocycles. The summed E-state index contributed by atoms with van der Waals surface area (Å²) < 4.78 is 19.5. The van der Waals surface area contributed by atoms with Crippen molar-refractivity contribution < 1.29 is 9.13 Å². The molecule has 1 N–H and O–H groups in total. The van der Waals surface area contributed by atoms with Crippen molar-refractivity contribution in [1.29, 1.82) is 0 Å². The summed E-state index contributed by atoms with van der Waals surface area (Å²) in [4.78, 5) is 2.10. The van der Waals surface area contributed by atoms with E-state index >= 15 is 0 Å². The summed E-state index contributed by atoms with van der Waals surface area (Å²) in [5, 5.41) is 3.34. The molecule has 1 aliphatic heterocycles. The largest absolute Gasteiger partial charge is 0.380 e. The van der Waals surface area contributed by atoms with E-state index in [0.717, 1.165) is 50.3 Å². The third-order valence-electron chi connectivity index (χ3n) is 3.61. The van der Waals surface area contributed by atoms with Gasteiger partial charge in [-0.3, -0.25) is 0 Å². The predicted octanol–water partition coefficient (Wildman–Crippen LogP) is 2.55. The standard InChI is InChI=1S/C15H23FN2O/c1-3-8-17-10-12-5-4-6-14(16)15(12)18-9-7-13(11-18)19-2/h4-6,13,17H,3,7-11H2,1-2H3. The summed E-state index contributed by atoms with van der Waals surface area (Å²) in [6.45, 7) is 5.44. The number of benzene rings is 1. The normalized spacial score (nSPS) is 19.1. The SMILES string of the molecule is CCCNCc1cccc(F)c1N1CCC(OC)C1. The summed E-state index contributed by atoms with van der Waals surface area (Å²) in [5.41, 5.74) is 1.77. The molecule has 0 aliphatic carbocycles. The second kappa shape index (κ2) is 6.87. The molecule has 4 heteroatoms. The van der Waals surface area contributed by atoms with Gasteiger partial charge >= 0.3 is 0 Å². The number of rotatable bonds is 6. The molecule has 0 saturated carbocycles. The summed E-state index contributed by atoms with van der Waals surface area (Å²) in [6, 6.07) is 5.33. The fraction of sp³-hybridized carbons (Fsp3) is 0.600. The number of hydrogen-bond donors (Lipinski definition) is 1. The Kier molecular flexibility index (Phi) is 5.16. The van der Waals surface area contributed by atoms with Crippen LogP contribution in [0, 0.1) is 5.82 Å². The molecular formula is C15H23FN2O. The molecule has 1 fully saturated rings. The van der Waals surface area contributed by atoms with E-state index in [1.54, 1.807) is 19.2 Å². The Bertz CT molecular complexity index is 411. The molecule has 0 aromatic heterocycles. The van der Waals surface area contributed by atoms with Crippen molar-refractivity contribution in [3.8, 4) is 0 Å². The van der Waals surface area contributed by atoms with Crippen LogP contribution in [0.15, 0.2) is 18.2 Å². The van der Waals surface area contributed by atoms with E-state index in [0.29, 0.717) is 0 Å². The molecule has 106 valence electrons. The summed E-state index contributed by atoms with van der Waals surface area (Å²) in [7, 11) is 1.72. The number of nitrogens with one attached hydrogen (secondary N) is 1. The Hall–Kier alpha value is -1.13. The Balaban J connectivity index is 2.13. The maximum absolute atomic E-state index is 14.1. The van der Waals surface area contributed by atoms with Crippen LogP contribution < -0.4 is 10.2 Å². The van der Waals surface area contributed by atoms with Gasteiger partial charge in [-0.15, -0.1) is 0 Å². The van der Waals surface area contributed by atoms with Crippen LogP contribution in [0.1, 0.15) is 25.3 Å². The lowest BCUT2D eigenvalue weighted by Gasteiger charge is -2.22. The van der Waals surface area contributed by atoms with Crippen molar-refractivity contribution in [2.24, 2.45) is 0 Å². The highest BCUT2D eigenvalue weighted by Crippen LogP contribution is 2.28. The van der Waals surface area contributed by atoms with Gasteiger partial charge in [0.1, 0.15) is 5.82 Å². The molecule has 1 aromatic carbocycles. The minimum atomic E-state index is -0.132. The monoisotopic (exact) mass is 266 g/mol. The zero-order valence-electron chi connectivity index (χ0n) is 11.8. The van der Waals surface area contributed by atoms with Crippen LogP contribution in [0.5, 0.6) is 0 Å². The fourth-order valence-electron chi connectivity index (χ4n) is 2.58. The highest BCUT2D eigenvalue weighted by atomic mass is 19.1. The average molecular weight is 266 g/mol. The molecule has 1 unspecified atom stereocenters. The number of methoxy groups -OCH3 is 1. The molecule has 1 atom stereocenters. The minimum Gasteiger partial charge on any atom is -0.380 e. The molecule has 1 aromatic rings. The maximum atomic E-state index is 14.1. The lowest BCUT2D eigenvalue weighted by atomic mass is 10.1. The van der Waals surface area contributed by atoms with Crippen LogP contribution in [0.25, 0.3) is 0 Å². The van der Waals surface area contributed by atoms with Crippen molar-refractivity contribution >= 4 is 5.69 Å². The van der Waals surface area contributed by atoms with E-state index in [1.807, 2.05) is 6.07 Å². The minimum absolute atomic E-state index is 0.132. The van der Waals surface area contributed by atoms with Gasteiger partial charge in [-0.05, 0) is 31.0 Å². The molecule has 0 radical (unpaired) electrons. The van der Waals surface area contributed by atoms with Crippen molar-refractivity contribution in [1.82, 2.24) is 5.32 Å². The Labute approximate surface area is 114 Å². The summed E-state index contributed by atoms with van der Waals surface area (Å²) in [5.74, 6) is -0.132. The zero-order valence-corrected chi connectivity index (χ0v) is 11.8. The number of halogens is 1. The first-order valence-corrected chi connectivity index (χ1v) is 7.02. The van der Waals surface area contributed by atoms with Gasteiger partial charge in [0.05, 0.1) is 11.8 Å². The molecule has 1 aliphatic rings. The van der Waals surface area contributed by atoms with Crippen LogP contribution in [-0.4, -0.2) is 32.8 Å². The highest BCUT2D eigenvalue weighted by Gasteiger charge is 2.25. The lowest BCUT2D eigenvalue weighted by Crippen LogP contribution is -2.26. The number of para-hydroxylation sites is 1. The van der Waals surface area contributed by atoms with Gasteiger partial charge in [0.15, 0.2) is 0 Å². The van der Waals surface area contributed by atoms with Gasteiger partial charge in [-0.2, -0.15) is 0 Å². The summed E-state index contributed by atoms with van der Waals surface area (Å²) >= 11 is 0. The second-order valence-corrected chi connectivity index (χ2v) is 5.02. The molecule has 3 nitrogen and oxygen atoms in total. The molecular weight excluding hydrogens is 243 g/mol. The number of ether oxygens (including phenoxy) is 1. The number of nitrogens with zero attached hydrogens (tertiary/aromatic N) is 1. The third kappa shape index (κ3) is 3.45. The Morgan fingerprint density at radius 3 is 3.00 bits per heavy atom. The third-order valence-corrected chi connectivity index (χ3v) is 3.61. The first kappa shape index (κ1) is 14.3. The van der Waals surface area contributed by atoms with Gasteiger partial charge in [-0.25, -0.2) is 4.39 Å². The first-order valence-electron chi connectivity index (χ1n) is 7.02. The van der Waals surface area contributed by atoms with E-state index in [2.05, 4.69) is 17.1 Å². The Morgan fingerprint density at radius 2 is 2.32 bits per heavy atom. The van der Waals surface area contributed by atoms with E-state index in [-0.39, 0.29) is 11.9 Å².